The molecule has 6 nitrogen and oxygen atoms in total. The van der Waals surface area contributed by atoms with Gasteiger partial charge >= 0.3 is 0 Å². The van der Waals surface area contributed by atoms with Gasteiger partial charge in [0, 0.05) is 24.5 Å². The highest BCUT2D eigenvalue weighted by Crippen LogP contribution is 2.30. The molecule has 3 aromatic rings. The maximum Gasteiger partial charge on any atom is 0.251 e. The predicted molar refractivity (Wildman–Crippen MR) is 115 cm³/mol. The van der Waals surface area contributed by atoms with Gasteiger partial charge in [0.2, 0.25) is 10.9 Å². The van der Waals surface area contributed by atoms with Crippen molar-refractivity contribution in [3.63, 3.8) is 0 Å². The monoisotopic (exact) mass is 409 g/mol. The molecular formula is C22H23N3O3S. The number of rotatable bonds is 7. The average molecular weight is 410 g/mol. The van der Waals surface area contributed by atoms with Crippen molar-refractivity contribution in [1.82, 2.24) is 10.3 Å². The summed E-state index contributed by atoms with van der Waals surface area (Å²) in [7, 11) is -2.93. The lowest BCUT2D eigenvalue weighted by Gasteiger charge is -2.21. The minimum Gasteiger partial charge on any atom is -0.348 e. The second-order valence-corrected chi connectivity index (χ2v) is 7.49. The molecule has 3 rings (SSSR count). The van der Waals surface area contributed by atoms with Gasteiger partial charge in [-0.2, -0.15) is 0 Å². The van der Waals surface area contributed by atoms with Gasteiger partial charge in [-0.1, -0.05) is 31.2 Å². The zero-order valence-corrected chi connectivity index (χ0v) is 17.2. The van der Waals surface area contributed by atoms with Crippen LogP contribution in [0.1, 0.15) is 34.0 Å². The summed E-state index contributed by atoms with van der Waals surface area (Å²) in [5.74, 6) is -0.280. The molecule has 0 bridgehead atoms. The molecule has 29 heavy (non-hydrogen) atoms. The van der Waals surface area contributed by atoms with Gasteiger partial charge in [-0.05, 0) is 60.4 Å². The lowest BCUT2D eigenvalue weighted by Crippen LogP contribution is -2.23. The minimum absolute atomic E-state index is 0.280. The second-order valence-electron chi connectivity index (χ2n) is 6.61. The average Bonchev–Trinajstić information content (AvgIpc) is 2.74. The molecule has 0 fully saturated rings. The summed E-state index contributed by atoms with van der Waals surface area (Å²) in [5.41, 5.74) is 4.14. The van der Waals surface area contributed by atoms with E-state index in [-0.39, 0.29) is 5.91 Å². The normalized spacial score (nSPS) is 10.7. The number of carbonyl (C=O) groups is 1. The van der Waals surface area contributed by atoms with Crippen LogP contribution in [0.15, 0.2) is 67.0 Å². The standard InChI is InChI=1S/C22H23N3O3S/c1-3-17-7-10-20(11-8-17)25(29(27)28)21-13-19(9-6-16(21)2)22(26)24-15-18-5-4-12-23-14-18/h4-14,29H,3,15H2,1-2H3,(H,24,26). The first kappa shape index (κ1) is 20.5. The van der Waals surface area contributed by atoms with Gasteiger partial charge in [0.05, 0.1) is 11.4 Å². The molecule has 7 heteroatoms. The second kappa shape index (κ2) is 9.34. The Morgan fingerprint density at radius 1 is 1.07 bits per heavy atom. The Bertz CT molecular complexity index is 1060. The van der Waals surface area contributed by atoms with Crippen molar-refractivity contribution in [3.05, 3.63) is 89.2 Å². The van der Waals surface area contributed by atoms with Crippen molar-refractivity contribution in [3.8, 4) is 0 Å². The van der Waals surface area contributed by atoms with Crippen LogP contribution in [0, 0.1) is 6.92 Å². The number of aromatic nitrogens is 1. The summed E-state index contributed by atoms with van der Waals surface area (Å²) in [6.45, 7) is 4.20. The minimum atomic E-state index is -2.93. The van der Waals surface area contributed by atoms with E-state index in [0.717, 1.165) is 23.1 Å². The molecule has 1 amide bonds. The number of carbonyl (C=O) groups excluding carboxylic acids is 1. The molecule has 0 aliphatic heterocycles. The molecule has 0 atom stereocenters. The van der Waals surface area contributed by atoms with E-state index >= 15 is 0 Å². The van der Waals surface area contributed by atoms with Crippen LogP contribution in [0.3, 0.4) is 0 Å². The number of aryl methyl sites for hydroxylation is 2. The summed E-state index contributed by atoms with van der Waals surface area (Å²) in [6.07, 6.45) is 4.23. The van der Waals surface area contributed by atoms with Gasteiger partial charge in [0.25, 0.3) is 5.91 Å². The molecule has 1 N–H and O–H groups in total. The number of nitrogens with one attached hydrogen (secondary N) is 1. The Balaban J connectivity index is 1.88. The smallest absolute Gasteiger partial charge is 0.251 e. The van der Waals surface area contributed by atoms with Crippen molar-refractivity contribution < 1.29 is 13.2 Å². The first-order valence-electron chi connectivity index (χ1n) is 9.30. The molecule has 1 aromatic heterocycles. The van der Waals surface area contributed by atoms with Gasteiger partial charge in [-0.25, -0.2) is 12.7 Å². The van der Waals surface area contributed by atoms with Gasteiger partial charge in [-0.3, -0.25) is 9.78 Å². The molecule has 0 unspecified atom stereocenters. The molecule has 2 aromatic carbocycles. The van der Waals surface area contributed by atoms with Crippen molar-refractivity contribution >= 4 is 28.2 Å². The van der Waals surface area contributed by atoms with Crippen LogP contribution in [-0.4, -0.2) is 19.3 Å². The van der Waals surface area contributed by atoms with Gasteiger partial charge in [0.15, 0.2) is 0 Å². The lowest BCUT2D eigenvalue weighted by atomic mass is 10.1. The van der Waals surface area contributed by atoms with E-state index in [1.165, 1.54) is 4.31 Å². The van der Waals surface area contributed by atoms with E-state index < -0.39 is 10.9 Å². The summed E-state index contributed by atoms with van der Waals surface area (Å²) in [4.78, 5) is 16.6. The number of nitrogens with zero attached hydrogens (tertiary/aromatic N) is 2. The molecule has 0 radical (unpaired) electrons. The molecule has 0 saturated carbocycles. The number of hydrogen-bond donors (Lipinski definition) is 2. The fraction of sp³-hybridized carbons (Fsp3) is 0.182. The van der Waals surface area contributed by atoms with Crippen LogP contribution in [0.2, 0.25) is 0 Å². The van der Waals surface area contributed by atoms with Crippen molar-refractivity contribution in [2.45, 2.75) is 26.8 Å². The van der Waals surface area contributed by atoms with Gasteiger partial charge in [0.1, 0.15) is 0 Å². The summed E-state index contributed by atoms with van der Waals surface area (Å²) in [5, 5.41) is 2.84. The van der Waals surface area contributed by atoms with Crippen molar-refractivity contribution in [1.29, 1.82) is 0 Å². The molecule has 0 saturated heterocycles. The zero-order chi connectivity index (χ0) is 20.8. The van der Waals surface area contributed by atoms with E-state index in [0.29, 0.717) is 23.5 Å². The van der Waals surface area contributed by atoms with E-state index in [4.69, 9.17) is 0 Å². The summed E-state index contributed by atoms with van der Waals surface area (Å²) >= 11 is 0. The lowest BCUT2D eigenvalue weighted by molar-refractivity contribution is 0.0951. The topological polar surface area (TPSA) is 79.4 Å². The fourth-order valence-electron chi connectivity index (χ4n) is 2.96. The highest BCUT2D eigenvalue weighted by atomic mass is 32.2. The third-order valence-corrected chi connectivity index (χ3v) is 5.40. The van der Waals surface area contributed by atoms with Crippen LogP contribution in [0.25, 0.3) is 0 Å². The largest absolute Gasteiger partial charge is 0.348 e. The summed E-state index contributed by atoms with van der Waals surface area (Å²) < 4.78 is 25.3. The van der Waals surface area contributed by atoms with E-state index in [1.807, 2.05) is 32.0 Å². The number of benzene rings is 2. The molecule has 150 valence electrons. The highest BCUT2D eigenvalue weighted by molar-refractivity contribution is 7.74. The number of pyridine rings is 1. The molecular weight excluding hydrogens is 386 g/mol. The SMILES string of the molecule is CCc1ccc(N(c2cc(C(=O)NCc3cccnc3)ccc2C)[SH](=O)=O)cc1. The van der Waals surface area contributed by atoms with E-state index in [1.54, 1.807) is 48.8 Å². The Hall–Kier alpha value is -3.19. The third-order valence-electron chi connectivity index (χ3n) is 4.63. The number of thiol groups is 1. The number of hydrogen-bond acceptors (Lipinski definition) is 4. The van der Waals surface area contributed by atoms with Crippen molar-refractivity contribution in [2.24, 2.45) is 0 Å². The Morgan fingerprint density at radius 3 is 2.45 bits per heavy atom. The fourth-order valence-corrected chi connectivity index (χ4v) is 3.67. The Morgan fingerprint density at radius 2 is 1.83 bits per heavy atom. The van der Waals surface area contributed by atoms with Crippen LogP contribution >= 0.6 is 0 Å². The quantitative estimate of drug-likeness (QED) is 0.585. The van der Waals surface area contributed by atoms with Gasteiger partial charge < -0.3 is 5.32 Å². The molecule has 0 spiro atoms. The number of amides is 1. The molecule has 0 aliphatic rings. The van der Waals surface area contributed by atoms with Crippen LogP contribution in [0.4, 0.5) is 11.4 Å². The first-order chi connectivity index (χ1) is 14.0. The van der Waals surface area contributed by atoms with Crippen LogP contribution < -0.4 is 9.62 Å². The zero-order valence-electron chi connectivity index (χ0n) is 16.3. The van der Waals surface area contributed by atoms with Crippen molar-refractivity contribution in [2.75, 3.05) is 4.31 Å². The molecule has 0 aliphatic carbocycles. The highest BCUT2D eigenvalue weighted by Gasteiger charge is 2.17. The molecule has 1 heterocycles. The Kier molecular flexibility index (Phi) is 6.61. The first-order valence-corrected chi connectivity index (χ1v) is 10.4. The number of anilines is 2. The predicted octanol–water partition coefficient (Wildman–Crippen LogP) is 3.55. The third kappa shape index (κ3) is 5.00. The maximum atomic E-state index is 12.6. The van der Waals surface area contributed by atoms with Gasteiger partial charge in [-0.15, -0.1) is 0 Å². The Labute approximate surface area is 172 Å². The maximum absolute atomic E-state index is 12.6. The van der Waals surface area contributed by atoms with Crippen LogP contribution in [0.5, 0.6) is 0 Å². The van der Waals surface area contributed by atoms with Crippen LogP contribution in [-0.2, 0) is 23.9 Å². The van der Waals surface area contributed by atoms with E-state index in [9.17, 15) is 13.2 Å². The van der Waals surface area contributed by atoms with E-state index in [2.05, 4.69) is 10.3 Å². The summed E-state index contributed by atoms with van der Waals surface area (Å²) in [6, 6.07) is 16.1.